The standard InChI is InChI=1S/C7H12O2.C4H11N/c1-4-5-9-7(8)6(2)3;1-4(2,3)5/h2,4-5H2,1,3H3;5H2,1-3H3. The number of ether oxygens (including phenoxy) is 1. The third kappa shape index (κ3) is 22.5. The third-order valence-corrected chi connectivity index (χ3v) is 0.786. The summed E-state index contributed by atoms with van der Waals surface area (Å²) in [5, 5.41) is 0. The second-order valence-electron chi connectivity index (χ2n) is 4.28. The Hall–Kier alpha value is -0.830. The minimum atomic E-state index is -0.295. The van der Waals surface area contributed by atoms with Gasteiger partial charge in [0, 0.05) is 11.1 Å². The van der Waals surface area contributed by atoms with Crippen molar-refractivity contribution in [3.63, 3.8) is 0 Å². The SMILES string of the molecule is C=C(C)C(=O)OCCC.CC(C)(C)N. The Bertz CT molecular complexity index is 174. The van der Waals surface area contributed by atoms with Gasteiger partial charge in [0.05, 0.1) is 6.61 Å². The number of carbonyl (C=O) groups is 1. The Morgan fingerprint density at radius 2 is 1.79 bits per heavy atom. The van der Waals surface area contributed by atoms with Crippen LogP contribution in [0.4, 0.5) is 0 Å². The molecule has 0 spiro atoms. The molecule has 3 nitrogen and oxygen atoms in total. The summed E-state index contributed by atoms with van der Waals surface area (Å²) in [7, 11) is 0. The van der Waals surface area contributed by atoms with Gasteiger partial charge in [-0.2, -0.15) is 0 Å². The van der Waals surface area contributed by atoms with Crippen molar-refractivity contribution in [3.8, 4) is 0 Å². The fraction of sp³-hybridized carbons (Fsp3) is 0.727. The molecule has 0 rings (SSSR count). The summed E-state index contributed by atoms with van der Waals surface area (Å²) in [6.45, 7) is 13.4. The maximum absolute atomic E-state index is 10.6. The van der Waals surface area contributed by atoms with E-state index in [1.165, 1.54) is 0 Å². The van der Waals surface area contributed by atoms with Gasteiger partial charge in [-0.25, -0.2) is 4.79 Å². The summed E-state index contributed by atoms with van der Waals surface area (Å²) in [5.74, 6) is -0.295. The summed E-state index contributed by atoms with van der Waals surface area (Å²) in [4.78, 5) is 10.6. The Morgan fingerprint density at radius 1 is 1.43 bits per heavy atom. The van der Waals surface area contributed by atoms with Crippen molar-refractivity contribution in [2.45, 2.75) is 46.6 Å². The largest absolute Gasteiger partial charge is 0.462 e. The molecule has 0 unspecified atom stereocenters. The average molecular weight is 201 g/mol. The predicted molar refractivity (Wildman–Crippen MR) is 60.0 cm³/mol. The van der Waals surface area contributed by atoms with E-state index in [1.807, 2.05) is 27.7 Å². The van der Waals surface area contributed by atoms with E-state index in [2.05, 4.69) is 6.58 Å². The zero-order valence-corrected chi connectivity index (χ0v) is 10.0. The molecule has 0 radical (unpaired) electrons. The molecule has 3 heteroatoms. The third-order valence-electron chi connectivity index (χ3n) is 0.786. The van der Waals surface area contributed by atoms with Crippen molar-refractivity contribution in [1.82, 2.24) is 0 Å². The summed E-state index contributed by atoms with van der Waals surface area (Å²) >= 11 is 0. The van der Waals surface area contributed by atoms with E-state index in [-0.39, 0.29) is 11.5 Å². The van der Waals surface area contributed by atoms with Crippen LogP contribution < -0.4 is 5.73 Å². The zero-order chi connectivity index (χ0) is 11.8. The van der Waals surface area contributed by atoms with Gasteiger partial charge in [-0.15, -0.1) is 0 Å². The number of hydrogen-bond acceptors (Lipinski definition) is 3. The minimum Gasteiger partial charge on any atom is -0.462 e. The van der Waals surface area contributed by atoms with Crippen LogP contribution in [0.3, 0.4) is 0 Å². The number of nitrogens with two attached hydrogens (primary N) is 1. The van der Waals surface area contributed by atoms with E-state index in [9.17, 15) is 4.79 Å². The molecule has 0 saturated heterocycles. The van der Waals surface area contributed by atoms with Gasteiger partial charge in [0.2, 0.25) is 0 Å². The summed E-state index contributed by atoms with van der Waals surface area (Å²) in [6.07, 6.45) is 0.860. The second kappa shape index (κ2) is 7.56. The van der Waals surface area contributed by atoms with Crippen molar-refractivity contribution < 1.29 is 9.53 Å². The first kappa shape index (κ1) is 15.6. The predicted octanol–water partition coefficient (Wildman–Crippen LogP) is 2.26. The highest BCUT2D eigenvalue weighted by molar-refractivity contribution is 5.86. The van der Waals surface area contributed by atoms with E-state index >= 15 is 0 Å². The number of esters is 1. The van der Waals surface area contributed by atoms with Crippen molar-refractivity contribution in [1.29, 1.82) is 0 Å². The van der Waals surface area contributed by atoms with Crippen LogP contribution in [0, 0.1) is 0 Å². The van der Waals surface area contributed by atoms with Crippen LogP contribution in [-0.4, -0.2) is 18.1 Å². The molecule has 84 valence electrons. The first-order valence-corrected chi connectivity index (χ1v) is 4.80. The van der Waals surface area contributed by atoms with E-state index in [0.29, 0.717) is 12.2 Å². The van der Waals surface area contributed by atoms with Gasteiger partial charge in [0.1, 0.15) is 0 Å². The fourth-order valence-electron chi connectivity index (χ4n) is 0.318. The number of rotatable bonds is 3. The van der Waals surface area contributed by atoms with Crippen molar-refractivity contribution in [3.05, 3.63) is 12.2 Å². The normalized spacial score (nSPS) is 9.86. The molecule has 0 aliphatic heterocycles. The highest BCUT2D eigenvalue weighted by Crippen LogP contribution is 1.91. The van der Waals surface area contributed by atoms with Crippen LogP contribution in [0.15, 0.2) is 12.2 Å². The fourth-order valence-corrected chi connectivity index (χ4v) is 0.318. The van der Waals surface area contributed by atoms with Crippen LogP contribution in [0.2, 0.25) is 0 Å². The van der Waals surface area contributed by atoms with E-state index < -0.39 is 0 Å². The summed E-state index contributed by atoms with van der Waals surface area (Å²) in [5.41, 5.74) is 5.82. The summed E-state index contributed by atoms with van der Waals surface area (Å²) < 4.78 is 4.71. The van der Waals surface area contributed by atoms with Gasteiger partial charge in [-0.1, -0.05) is 13.5 Å². The zero-order valence-electron chi connectivity index (χ0n) is 10.0. The second-order valence-corrected chi connectivity index (χ2v) is 4.28. The van der Waals surface area contributed by atoms with Crippen LogP contribution in [-0.2, 0) is 9.53 Å². The number of hydrogen-bond donors (Lipinski definition) is 1. The molecular formula is C11H23NO2. The quantitative estimate of drug-likeness (QED) is 0.563. The highest BCUT2D eigenvalue weighted by Gasteiger charge is 1.99. The first-order chi connectivity index (χ1) is 6.18. The molecular weight excluding hydrogens is 178 g/mol. The Morgan fingerprint density at radius 3 is 2.00 bits per heavy atom. The number of carbonyl (C=O) groups excluding carboxylic acids is 1. The van der Waals surface area contributed by atoms with E-state index in [1.54, 1.807) is 6.92 Å². The first-order valence-electron chi connectivity index (χ1n) is 4.80. The van der Waals surface area contributed by atoms with Crippen LogP contribution in [0.1, 0.15) is 41.0 Å². The lowest BCUT2D eigenvalue weighted by Crippen LogP contribution is -2.26. The maximum Gasteiger partial charge on any atom is 0.333 e. The van der Waals surface area contributed by atoms with Crippen LogP contribution in [0.5, 0.6) is 0 Å². The maximum atomic E-state index is 10.6. The van der Waals surface area contributed by atoms with Crippen LogP contribution >= 0.6 is 0 Å². The van der Waals surface area contributed by atoms with Gasteiger partial charge in [-0.05, 0) is 34.1 Å². The lowest BCUT2D eigenvalue weighted by molar-refractivity contribution is -0.138. The Labute approximate surface area is 87.3 Å². The molecule has 0 aromatic heterocycles. The van der Waals surface area contributed by atoms with Gasteiger partial charge < -0.3 is 10.5 Å². The smallest absolute Gasteiger partial charge is 0.333 e. The Balaban J connectivity index is 0. The molecule has 0 aromatic carbocycles. The molecule has 0 fully saturated rings. The average Bonchev–Trinajstić information content (AvgIpc) is 1.96. The molecule has 2 N–H and O–H groups in total. The van der Waals surface area contributed by atoms with Gasteiger partial charge >= 0.3 is 5.97 Å². The van der Waals surface area contributed by atoms with E-state index in [0.717, 1.165) is 6.42 Å². The lowest BCUT2D eigenvalue weighted by atomic mass is 10.1. The molecule has 0 amide bonds. The summed E-state index contributed by atoms with van der Waals surface area (Å²) in [6, 6.07) is 0. The van der Waals surface area contributed by atoms with Crippen molar-refractivity contribution >= 4 is 5.97 Å². The lowest BCUT2D eigenvalue weighted by Gasteiger charge is -2.06. The van der Waals surface area contributed by atoms with Gasteiger partial charge in [0.15, 0.2) is 0 Å². The molecule has 0 aromatic rings. The molecule has 0 bridgehead atoms. The molecule has 14 heavy (non-hydrogen) atoms. The molecule has 0 aliphatic rings. The van der Waals surface area contributed by atoms with Crippen LogP contribution in [0.25, 0.3) is 0 Å². The monoisotopic (exact) mass is 201 g/mol. The Kier molecular flexibility index (Phi) is 8.44. The van der Waals surface area contributed by atoms with Crippen molar-refractivity contribution in [2.24, 2.45) is 5.73 Å². The highest BCUT2D eigenvalue weighted by atomic mass is 16.5. The molecule has 0 saturated carbocycles. The molecule has 0 atom stereocenters. The minimum absolute atomic E-state index is 0. The topological polar surface area (TPSA) is 52.3 Å². The van der Waals surface area contributed by atoms with Gasteiger partial charge in [-0.3, -0.25) is 0 Å². The molecule has 0 heterocycles. The van der Waals surface area contributed by atoms with Crippen molar-refractivity contribution in [2.75, 3.05) is 6.61 Å². The van der Waals surface area contributed by atoms with Gasteiger partial charge in [0.25, 0.3) is 0 Å². The molecule has 0 aliphatic carbocycles. The van der Waals surface area contributed by atoms with E-state index in [4.69, 9.17) is 10.5 Å².